The summed E-state index contributed by atoms with van der Waals surface area (Å²) in [7, 11) is 0. The Kier molecular flexibility index (Phi) is 27.3. The second kappa shape index (κ2) is 38.0. The van der Waals surface area contributed by atoms with E-state index in [9.17, 15) is 5.11 Å². The van der Waals surface area contributed by atoms with Crippen molar-refractivity contribution in [1.82, 2.24) is 0 Å². The zero-order chi connectivity index (χ0) is 71.2. The third-order valence-corrected chi connectivity index (χ3v) is 19.4. The summed E-state index contributed by atoms with van der Waals surface area (Å²) in [4.78, 5) is 0. The van der Waals surface area contributed by atoms with Gasteiger partial charge in [0.05, 0.1) is 83.9 Å². The number of aliphatic hydroxyl groups excluding tert-OH is 1. The third kappa shape index (κ3) is 20.3. The van der Waals surface area contributed by atoms with Crippen LogP contribution in [0, 0.1) is 0 Å². The van der Waals surface area contributed by atoms with Crippen LogP contribution < -0.4 is 0 Å². The molecule has 20 atom stereocenters. The molecule has 0 aliphatic carbocycles. The maximum Gasteiger partial charge on any atom is 0.187 e. The highest BCUT2D eigenvalue weighted by Crippen LogP contribution is 2.41. The van der Waals surface area contributed by atoms with Gasteiger partial charge >= 0.3 is 0 Å². The molecular weight excluding hydrogens is 1320 g/mol. The fourth-order valence-corrected chi connectivity index (χ4v) is 13.9. The van der Waals surface area contributed by atoms with Crippen LogP contribution >= 0.6 is 0 Å². The number of hydrogen-bond acceptors (Lipinski definition) is 17. The highest BCUT2D eigenvalue weighted by atomic mass is 16.8. The predicted octanol–water partition coefficient (Wildman–Crippen LogP) is 14.4. The van der Waals surface area contributed by atoms with Gasteiger partial charge in [-0.3, -0.25) is 0 Å². The standard InChI is InChI=1S/C87H96O17/c1-59-73(90-51-64-34-16-6-17-35-64)77(80(84(88)98-59)94-55-68-42-24-10-25-43-68)102-86-82(96-57-70-46-28-12-29-47-70)79(75(61(3)100-86)92-53-66-38-20-8-21-39-66)104-87-83(97-58-71-48-30-13-31-49-71)78(74(62(4)101-87)91-52-65-36-18-7-19-37-65)103-85-81(95-56-69-44-26-11-27-45-69)76(93-54-67-40-22-9-23-41-67)72(60(2)99-85)89-50-63-32-14-5-15-33-63/h5-49,59-62,72-88H,50-58H2,1-4H3/t59-,60-,61-,62-,72+,73+,74+,75+,76+,77+,78+,79+,80-,81-,82-,83-,84-,85-,86-,87-/m0/s1. The van der Waals surface area contributed by atoms with Crippen molar-refractivity contribution in [2.75, 3.05) is 0 Å². The van der Waals surface area contributed by atoms with Gasteiger partial charge in [0, 0.05) is 0 Å². The van der Waals surface area contributed by atoms with Crippen molar-refractivity contribution in [3.05, 3.63) is 323 Å². The van der Waals surface area contributed by atoms with E-state index in [2.05, 4.69) is 0 Å². The van der Waals surface area contributed by atoms with Crippen molar-refractivity contribution in [2.24, 2.45) is 0 Å². The van der Waals surface area contributed by atoms with Gasteiger partial charge in [0.2, 0.25) is 0 Å². The highest BCUT2D eigenvalue weighted by molar-refractivity contribution is 5.21. The highest BCUT2D eigenvalue weighted by Gasteiger charge is 2.58. The van der Waals surface area contributed by atoms with Crippen LogP contribution in [-0.2, 0) is 135 Å². The minimum Gasteiger partial charge on any atom is -0.368 e. The van der Waals surface area contributed by atoms with Gasteiger partial charge in [-0.25, -0.2) is 0 Å². The zero-order valence-electron chi connectivity index (χ0n) is 59.4. The van der Waals surface area contributed by atoms with Gasteiger partial charge in [-0.15, -0.1) is 0 Å². The van der Waals surface area contributed by atoms with E-state index in [4.69, 9.17) is 75.8 Å². The molecule has 0 aromatic heterocycles. The first-order valence-electron chi connectivity index (χ1n) is 36.3. The summed E-state index contributed by atoms with van der Waals surface area (Å²) in [6.07, 6.45) is -19.3. The Morgan fingerprint density at radius 1 is 0.202 bits per heavy atom. The van der Waals surface area contributed by atoms with Gasteiger partial charge in [-0.05, 0) is 77.8 Å². The Morgan fingerprint density at radius 2 is 0.365 bits per heavy atom. The average Bonchev–Trinajstić information content (AvgIpc) is 0.764. The quantitative estimate of drug-likeness (QED) is 0.0412. The summed E-state index contributed by atoms with van der Waals surface area (Å²) in [6, 6.07) is 89.5. The van der Waals surface area contributed by atoms with E-state index in [-0.39, 0.29) is 59.5 Å². The molecule has 4 aliphatic heterocycles. The topological polar surface area (TPSA) is 168 Å². The molecule has 104 heavy (non-hydrogen) atoms. The smallest absolute Gasteiger partial charge is 0.187 e. The number of hydrogen-bond donors (Lipinski definition) is 1. The molecule has 0 radical (unpaired) electrons. The molecule has 0 amide bonds. The number of benzene rings is 9. The van der Waals surface area contributed by atoms with E-state index >= 15 is 0 Å². The lowest BCUT2D eigenvalue weighted by atomic mass is 9.95. The maximum atomic E-state index is 12.1. The Bertz CT molecular complexity index is 3810. The lowest BCUT2D eigenvalue weighted by molar-refractivity contribution is -0.399. The van der Waals surface area contributed by atoms with Crippen LogP contribution in [0.25, 0.3) is 0 Å². The van der Waals surface area contributed by atoms with Crippen molar-refractivity contribution in [3.63, 3.8) is 0 Å². The minimum atomic E-state index is -1.44. The summed E-state index contributed by atoms with van der Waals surface area (Å²) >= 11 is 0. The van der Waals surface area contributed by atoms with Gasteiger partial charge in [-0.1, -0.05) is 273 Å². The molecule has 0 saturated carbocycles. The summed E-state index contributed by atoms with van der Waals surface area (Å²) in [5, 5.41) is 12.1. The number of aliphatic hydroxyl groups is 1. The second-order valence-corrected chi connectivity index (χ2v) is 27.0. The molecule has 546 valence electrons. The Labute approximate surface area is 611 Å². The lowest BCUT2D eigenvalue weighted by Gasteiger charge is -2.52. The van der Waals surface area contributed by atoms with E-state index in [1.54, 1.807) is 0 Å². The van der Waals surface area contributed by atoms with E-state index in [0.29, 0.717) is 0 Å². The van der Waals surface area contributed by atoms with Gasteiger partial charge < -0.3 is 80.9 Å². The summed E-state index contributed by atoms with van der Waals surface area (Å²) < 4.78 is 115. The lowest BCUT2D eigenvalue weighted by Crippen LogP contribution is -2.68. The van der Waals surface area contributed by atoms with Crippen LogP contribution in [0.5, 0.6) is 0 Å². The summed E-state index contributed by atoms with van der Waals surface area (Å²) in [6.45, 7) is 9.31. The van der Waals surface area contributed by atoms with Crippen molar-refractivity contribution in [3.8, 4) is 0 Å². The largest absolute Gasteiger partial charge is 0.368 e. The first-order valence-corrected chi connectivity index (χ1v) is 36.3. The molecule has 4 fully saturated rings. The fraction of sp³-hybridized carbons (Fsp3) is 0.379. The van der Waals surface area contributed by atoms with Crippen LogP contribution in [0.3, 0.4) is 0 Å². The van der Waals surface area contributed by atoms with E-state index < -0.39 is 123 Å². The molecule has 9 aromatic carbocycles. The van der Waals surface area contributed by atoms with Crippen LogP contribution in [-0.4, -0.2) is 128 Å². The van der Waals surface area contributed by atoms with Crippen molar-refractivity contribution < 1.29 is 80.9 Å². The number of ether oxygens (including phenoxy) is 16. The maximum absolute atomic E-state index is 12.1. The Balaban J connectivity index is 0.910. The van der Waals surface area contributed by atoms with Crippen molar-refractivity contribution in [2.45, 2.75) is 210 Å². The summed E-state index contributed by atoms with van der Waals surface area (Å²) in [5.41, 5.74) is 8.31. The van der Waals surface area contributed by atoms with Gasteiger partial charge in [0.25, 0.3) is 0 Å². The molecule has 13 rings (SSSR count). The molecule has 4 heterocycles. The van der Waals surface area contributed by atoms with E-state index in [1.165, 1.54) is 0 Å². The van der Waals surface area contributed by atoms with Crippen LogP contribution in [0.1, 0.15) is 77.8 Å². The zero-order valence-corrected chi connectivity index (χ0v) is 59.4. The van der Waals surface area contributed by atoms with E-state index in [1.807, 2.05) is 301 Å². The molecule has 4 saturated heterocycles. The fourth-order valence-electron chi connectivity index (χ4n) is 13.9. The van der Waals surface area contributed by atoms with Crippen molar-refractivity contribution in [1.29, 1.82) is 0 Å². The molecule has 0 bridgehead atoms. The molecule has 1 N–H and O–H groups in total. The molecule has 4 aliphatic rings. The third-order valence-electron chi connectivity index (χ3n) is 19.4. The molecule has 17 heteroatoms. The molecule has 0 unspecified atom stereocenters. The Hall–Kier alpha value is -7.70. The first kappa shape index (κ1) is 74.6. The average molecular weight is 1410 g/mol. The van der Waals surface area contributed by atoms with E-state index in [0.717, 1.165) is 50.1 Å². The summed E-state index contributed by atoms with van der Waals surface area (Å²) in [5.74, 6) is 0. The van der Waals surface area contributed by atoms with Crippen LogP contribution in [0.4, 0.5) is 0 Å². The van der Waals surface area contributed by atoms with Gasteiger partial charge in [0.1, 0.15) is 73.2 Å². The SMILES string of the molecule is C[C@@H]1O[C@H](O)[C@@H](OCc2ccccc2)[C@H](O[C@@H]2O[C@@H](C)[C@@H](OCc3ccccc3)[C@@H](O[C@@H]3O[C@@H](C)[C@@H](OCc4ccccc4)[C@@H](O[C@@H]4O[C@@H](C)[C@@H](OCc5ccccc5)[C@@H](OCc5ccccc5)[C@@H]4OCc4ccccc4)[C@@H]3OCc3ccccc3)[C@@H]2OCc2ccccc2)[C@@H]1OCc1ccccc1. The van der Waals surface area contributed by atoms with Gasteiger partial charge in [0.15, 0.2) is 25.2 Å². The number of rotatable bonds is 33. The molecular formula is C87H96O17. The van der Waals surface area contributed by atoms with Crippen LogP contribution in [0.15, 0.2) is 273 Å². The first-order chi connectivity index (χ1) is 51.1. The van der Waals surface area contributed by atoms with Crippen LogP contribution in [0.2, 0.25) is 0 Å². The molecule has 17 nitrogen and oxygen atoms in total. The Morgan fingerprint density at radius 3 is 0.596 bits per heavy atom. The van der Waals surface area contributed by atoms with Crippen molar-refractivity contribution >= 4 is 0 Å². The monoisotopic (exact) mass is 1410 g/mol. The van der Waals surface area contributed by atoms with Gasteiger partial charge in [-0.2, -0.15) is 0 Å². The minimum absolute atomic E-state index is 0.0885. The molecule has 0 spiro atoms. The molecule has 9 aromatic rings. The second-order valence-electron chi connectivity index (χ2n) is 27.0. The predicted molar refractivity (Wildman–Crippen MR) is 389 cm³/mol. The normalized spacial score (nSPS) is 29.3.